The third kappa shape index (κ3) is 3.96. The maximum atomic E-state index is 11.5. The Labute approximate surface area is 116 Å². The number of hydrogen-bond acceptors (Lipinski definition) is 4. The van der Waals surface area contributed by atoms with Gasteiger partial charge in [-0.2, -0.15) is 0 Å². The molecular formula is C14H17NO5. The van der Waals surface area contributed by atoms with E-state index in [-0.39, 0.29) is 13.2 Å². The van der Waals surface area contributed by atoms with Crippen molar-refractivity contribution in [2.24, 2.45) is 5.92 Å². The highest BCUT2D eigenvalue weighted by atomic mass is 16.5. The Bertz CT molecular complexity index is 462. The molecule has 1 fully saturated rings. The van der Waals surface area contributed by atoms with Crippen LogP contribution in [0.2, 0.25) is 0 Å². The zero-order chi connectivity index (χ0) is 14.4. The standard InChI is InChI=1S/C14H17NO5/c16-13(17)11-6-7-19-12(11)8-15-14(18)20-9-10-4-2-1-3-5-10/h1-5,11-12H,6-9H2,(H,15,18)(H,16,17)/t11-,12-/m0/s1. The van der Waals surface area contributed by atoms with Gasteiger partial charge >= 0.3 is 12.1 Å². The molecular weight excluding hydrogens is 262 g/mol. The fourth-order valence-electron chi connectivity index (χ4n) is 2.09. The van der Waals surface area contributed by atoms with Crippen molar-refractivity contribution in [3.05, 3.63) is 35.9 Å². The van der Waals surface area contributed by atoms with E-state index in [1.165, 1.54) is 0 Å². The molecule has 0 bridgehead atoms. The third-order valence-electron chi connectivity index (χ3n) is 3.19. The molecule has 0 aromatic heterocycles. The lowest BCUT2D eigenvalue weighted by molar-refractivity contribution is -0.143. The minimum atomic E-state index is -0.896. The lowest BCUT2D eigenvalue weighted by atomic mass is 10.0. The number of carbonyl (C=O) groups excluding carboxylic acids is 1. The van der Waals surface area contributed by atoms with Crippen molar-refractivity contribution < 1.29 is 24.2 Å². The number of carboxylic acid groups (broad SMARTS) is 1. The number of hydrogen-bond donors (Lipinski definition) is 2. The predicted molar refractivity (Wildman–Crippen MR) is 70.1 cm³/mol. The number of nitrogens with one attached hydrogen (secondary N) is 1. The topological polar surface area (TPSA) is 84.9 Å². The first kappa shape index (κ1) is 14.3. The molecule has 1 aliphatic rings. The zero-order valence-corrected chi connectivity index (χ0v) is 11.0. The largest absolute Gasteiger partial charge is 0.481 e. The van der Waals surface area contributed by atoms with Gasteiger partial charge in [-0.05, 0) is 12.0 Å². The number of carbonyl (C=O) groups is 2. The second-order valence-corrected chi connectivity index (χ2v) is 4.59. The lowest BCUT2D eigenvalue weighted by Gasteiger charge is -2.15. The van der Waals surface area contributed by atoms with Crippen LogP contribution >= 0.6 is 0 Å². The Kier molecular flexibility index (Phi) is 4.95. The van der Waals surface area contributed by atoms with E-state index < -0.39 is 24.1 Å². The highest BCUT2D eigenvalue weighted by molar-refractivity contribution is 5.71. The molecule has 6 nitrogen and oxygen atoms in total. The van der Waals surface area contributed by atoms with Crippen LogP contribution in [0.4, 0.5) is 4.79 Å². The fourth-order valence-corrected chi connectivity index (χ4v) is 2.09. The number of aliphatic carboxylic acids is 1. The van der Waals surface area contributed by atoms with Crippen molar-refractivity contribution in [2.45, 2.75) is 19.1 Å². The van der Waals surface area contributed by atoms with Gasteiger partial charge < -0.3 is 19.9 Å². The van der Waals surface area contributed by atoms with Gasteiger partial charge in [0.15, 0.2) is 0 Å². The molecule has 1 heterocycles. The zero-order valence-electron chi connectivity index (χ0n) is 11.0. The minimum absolute atomic E-state index is 0.143. The summed E-state index contributed by atoms with van der Waals surface area (Å²) in [6.07, 6.45) is -0.592. The van der Waals surface area contributed by atoms with E-state index in [1.54, 1.807) is 0 Å². The van der Waals surface area contributed by atoms with Crippen LogP contribution in [0.3, 0.4) is 0 Å². The number of carboxylic acids is 1. The van der Waals surface area contributed by atoms with E-state index in [9.17, 15) is 9.59 Å². The molecule has 0 radical (unpaired) electrons. The van der Waals surface area contributed by atoms with Gasteiger partial charge in [-0.15, -0.1) is 0 Å². The Hall–Kier alpha value is -2.08. The normalized spacial score (nSPS) is 21.4. The minimum Gasteiger partial charge on any atom is -0.481 e. The van der Waals surface area contributed by atoms with Crippen LogP contribution < -0.4 is 5.32 Å². The van der Waals surface area contributed by atoms with Crippen molar-refractivity contribution in [2.75, 3.05) is 13.2 Å². The van der Waals surface area contributed by atoms with Crippen LogP contribution in [0.15, 0.2) is 30.3 Å². The summed E-state index contributed by atoms with van der Waals surface area (Å²) in [6.45, 7) is 0.730. The van der Waals surface area contributed by atoms with Crippen LogP contribution in [-0.2, 0) is 20.9 Å². The van der Waals surface area contributed by atoms with E-state index in [4.69, 9.17) is 14.6 Å². The second kappa shape index (κ2) is 6.91. The number of alkyl carbamates (subject to hydrolysis) is 1. The summed E-state index contributed by atoms with van der Waals surface area (Å²) in [5.74, 6) is -1.46. The molecule has 20 heavy (non-hydrogen) atoms. The molecule has 0 aliphatic carbocycles. The van der Waals surface area contributed by atoms with Gasteiger partial charge in [0.1, 0.15) is 6.61 Å². The first-order valence-electron chi connectivity index (χ1n) is 6.46. The van der Waals surface area contributed by atoms with Gasteiger partial charge in [0.25, 0.3) is 0 Å². The molecule has 1 aromatic carbocycles. The van der Waals surface area contributed by atoms with E-state index >= 15 is 0 Å². The Morgan fingerprint density at radius 2 is 2.10 bits per heavy atom. The van der Waals surface area contributed by atoms with E-state index in [1.807, 2.05) is 30.3 Å². The molecule has 108 valence electrons. The SMILES string of the molecule is O=C(NC[C@@H]1OCC[C@@H]1C(=O)O)OCc1ccccc1. The summed E-state index contributed by atoms with van der Waals surface area (Å²) in [5.41, 5.74) is 0.892. The summed E-state index contributed by atoms with van der Waals surface area (Å²) >= 11 is 0. The Morgan fingerprint density at radius 3 is 2.80 bits per heavy atom. The van der Waals surface area contributed by atoms with Crippen LogP contribution in [0.1, 0.15) is 12.0 Å². The van der Waals surface area contributed by atoms with E-state index in [0.717, 1.165) is 5.56 Å². The Balaban J connectivity index is 1.71. The van der Waals surface area contributed by atoms with Gasteiger partial charge in [-0.25, -0.2) is 4.79 Å². The smallest absolute Gasteiger partial charge is 0.407 e. The van der Waals surface area contributed by atoms with Gasteiger partial charge in [0, 0.05) is 13.2 Å². The van der Waals surface area contributed by atoms with Crippen LogP contribution in [0.5, 0.6) is 0 Å². The highest BCUT2D eigenvalue weighted by Gasteiger charge is 2.34. The fraction of sp³-hybridized carbons (Fsp3) is 0.429. The molecule has 2 rings (SSSR count). The molecule has 6 heteroatoms. The maximum absolute atomic E-state index is 11.5. The molecule has 1 aliphatic heterocycles. The summed E-state index contributed by atoms with van der Waals surface area (Å²) in [7, 11) is 0. The molecule has 0 saturated carbocycles. The molecule has 1 aromatic rings. The second-order valence-electron chi connectivity index (χ2n) is 4.59. The van der Waals surface area contributed by atoms with Gasteiger partial charge in [-0.3, -0.25) is 4.79 Å². The van der Waals surface area contributed by atoms with Crippen LogP contribution in [0, 0.1) is 5.92 Å². The summed E-state index contributed by atoms with van der Waals surface area (Å²) in [4.78, 5) is 22.5. The summed E-state index contributed by atoms with van der Waals surface area (Å²) in [5, 5.41) is 11.5. The van der Waals surface area contributed by atoms with Crippen molar-refractivity contribution in [3.8, 4) is 0 Å². The first-order chi connectivity index (χ1) is 9.66. The van der Waals surface area contributed by atoms with Crippen molar-refractivity contribution >= 4 is 12.1 Å². The van der Waals surface area contributed by atoms with Crippen LogP contribution in [-0.4, -0.2) is 36.4 Å². The maximum Gasteiger partial charge on any atom is 0.407 e. The van der Waals surface area contributed by atoms with Crippen LogP contribution in [0.25, 0.3) is 0 Å². The lowest BCUT2D eigenvalue weighted by Crippen LogP contribution is -2.37. The number of ether oxygens (including phenoxy) is 2. The first-order valence-corrected chi connectivity index (χ1v) is 6.46. The molecule has 0 unspecified atom stereocenters. The van der Waals surface area contributed by atoms with Crippen molar-refractivity contribution in [1.82, 2.24) is 5.32 Å². The quantitative estimate of drug-likeness (QED) is 0.851. The number of rotatable bonds is 5. The number of benzene rings is 1. The summed E-state index contributed by atoms with van der Waals surface area (Å²) < 4.78 is 10.3. The van der Waals surface area contributed by atoms with E-state index in [0.29, 0.717) is 13.0 Å². The van der Waals surface area contributed by atoms with Gasteiger partial charge in [-0.1, -0.05) is 30.3 Å². The Morgan fingerprint density at radius 1 is 1.35 bits per heavy atom. The van der Waals surface area contributed by atoms with Gasteiger partial charge in [0.05, 0.1) is 12.0 Å². The molecule has 1 amide bonds. The molecule has 1 saturated heterocycles. The third-order valence-corrected chi connectivity index (χ3v) is 3.19. The van der Waals surface area contributed by atoms with Crippen molar-refractivity contribution in [1.29, 1.82) is 0 Å². The molecule has 2 atom stereocenters. The van der Waals surface area contributed by atoms with Crippen molar-refractivity contribution in [3.63, 3.8) is 0 Å². The average Bonchev–Trinajstić information content (AvgIpc) is 2.92. The summed E-state index contributed by atoms with van der Waals surface area (Å²) in [6, 6.07) is 9.32. The van der Waals surface area contributed by atoms with E-state index in [2.05, 4.69) is 5.32 Å². The molecule has 2 N–H and O–H groups in total. The van der Waals surface area contributed by atoms with Gasteiger partial charge in [0.2, 0.25) is 0 Å². The average molecular weight is 279 g/mol. The molecule has 0 spiro atoms. The monoisotopic (exact) mass is 279 g/mol. The predicted octanol–water partition coefficient (Wildman–Crippen LogP) is 1.40. The highest BCUT2D eigenvalue weighted by Crippen LogP contribution is 2.20. The number of amides is 1.